The first kappa shape index (κ1) is 14.5. The first-order chi connectivity index (χ1) is 9.45. The Morgan fingerprint density at radius 2 is 1.75 bits per heavy atom. The van der Waals surface area contributed by atoms with E-state index in [-0.39, 0.29) is 15.8 Å². The van der Waals surface area contributed by atoms with Gasteiger partial charge in [-0.1, -0.05) is 12.1 Å². The molecule has 0 atom stereocenters. The zero-order valence-electron chi connectivity index (χ0n) is 11.4. The van der Waals surface area contributed by atoms with Gasteiger partial charge in [0, 0.05) is 0 Å². The minimum Gasteiger partial charge on any atom is -0.454 e. The van der Waals surface area contributed by atoms with E-state index in [0.717, 1.165) is 16.7 Å². The van der Waals surface area contributed by atoms with Crippen LogP contribution in [0, 0.1) is 37.9 Å². The maximum absolute atomic E-state index is 14.2. The van der Waals surface area contributed by atoms with Crippen LogP contribution >= 0.6 is 15.9 Å². The molecule has 2 aromatic rings. The number of hydrogen-bond acceptors (Lipinski definition) is 2. The van der Waals surface area contributed by atoms with Crippen LogP contribution in [0.1, 0.15) is 22.3 Å². The molecule has 0 aliphatic carbocycles. The number of rotatable bonds is 2. The fourth-order valence-electron chi connectivity index (χ4n) is 1.89. The van der Waals surface area contributed by atoms with Crippen molar-refractivity contribution in [3.63, 3.8) is 0 Å². The molecule has 2 rings (SSSR count). The summed E-state index contributed by atoms with van der Waals surface area (Å²) in [5.41, 5.74) is 3.24. The highest BCUT2D eigenvalue weighted by molar-refractivity contribution is 9.10. The van der Waals surface area contributed by atoms with Crippen LogP contribution in [0.2, 0.25) is 0 Å². The van der Waals surface area contributed by atoms with Crippen molar-refractivity contribution in [3.05, 3.63) is 56.8 Å². The van der Waals surface area contributed by atoms with Gasteiger partial charge in [-0.2, -0.15) is 5.26 Å². The van der Waals surface area contributed by atoms with Crippen molar-refractivity contribution in [2.24, 2.45) is 0 Å². The lowest BCUT2D eigenvalue weighted by molar-refractivity contribution is 0.434. The van der Waals surface area contributed by atoms with E-state index < -0.39 is 5.82 Å². The standard InChI is InChI=1S/C16H13BrFNO/c1-9-4-5-10(2)16(11(9)3)20-13-7-6-12(8-19)14(17)15(13)18/h4-7H,1-3H3. The summed E-state index contributed by atoms with van der Waals surface area (Å²) in [6.45, 7) is 5.83. The molecule has 4 heteroatoms. The van der Waals surface area contributed by atoms with Crippen LogP contribution in [0.5, 0.6) is 11.5 Å². The summed E-state index contributed by atoms with van der Waals surface area (Å²) in [5, 5.41) is 8.86. The summed E-state index contributed by atoms with van der Waals surface area (Å²) in [5.74, 6) is 0.192. The number of benzene rings is 2. The van der Waals surface area contributed by atoms with Gasteiger partial charge in [0.25, 0.3) is 0 Å². The molecule has 0 aliphatic rings. The lowest BCUT2D eigenvalue weighted by Gasteiger charge is -2.14. The predicted octanol–water partition coefficient (Wildman–Crippen LogP) is 5.18. The number of ether oxygens (including phenoxy) is 1. The second-order valence-corrected chi connectivity index (χ2v) is 5.40. The van der Waals surface area contributed by atoms with E-state index in [2.05, 4.69) is 15.9 Å². The number of aryl methyl sites for hydroxylation is 2. The average molecular weight is 334 g/mol. The van der Waals surface area contributed by atoms with Crippen molar-refractivity contribution in [2.45, 2.75) is 20.8 Å². The Labute approximate surface area is 125 Å². The van der Waals surface area contributed by atoms with Gasteiger partial charge in [0.15, 0.2) is 11.6 Å². The molecule has 0 aromatic heterocycles. The van der Waals surface area contributed by atoms with E-state index in [1.54, 1.807) is 0 Å². The molecule has 0 amide bonds. The summed E-state index contributed by atoms with van der Waals surface area (Å²) in [6.07, 6.45) is 0. The third-order valence-corrected chi connectivity index (χ3v) is 4.03. The van der Waals surface area contributed by atoms with Gasteiger partial charge in [-0.05, 0) is 65.5 Å². The number of hydrogen-bond donors (Lipinski definition) is 0. The van der Waals surface area contributed by atoms with Gasteiger partial charge in [0.1, 0.15) is 11.8 Å². The van der Waals surface area contributed by atoms with Gasteiger partial charge in [0.05, 0.1) is 10.0 Å². The molecule has 2 nitrogen and oxygen atoms in total. The molecular weight excluding hydrogens is 321 g/mol. The van der Waals surface area contributed by atoms with Crippen molar-refractivity contribution in [2.75, 3.05) is 0 Å². The van der Waals surface area contributed by atoms with Gasteiger partial charge in [-0.3, -0.25) is 0 Å². The lowest BCUT2D eigenvalue weighted by Crippen LogP contribution is -1.96. The van der Waals surface area contributed by atoms with Crippen molar-refractivity contribution in [3.8, 4) is 17.6 Å². The SMILES string of the molecule is Cc1ccc(C)c(Oc2ccc(C#N)c(Br)c2F)c1C. The van der Waals surface area contributed by atoms with Crippen LogP contribution in [-0.2, 0) is 0 Å². The Morgan fingerprint density at radius 1 is 1.10 bits per heavy atom. The van der Waals surface area contributed by atoms with Crippen LogP contribution < -0.4 is 4.74 Å². The molecule has 0 fully saturated rings. The second-order valence-electron chi connectivity index (χ2n) is 4.61. The maximum atomic E-state index is 14.2. The molecule has 0 spiro atoms. The van der Waals surface area contributed by atoms with Gasteiger partial charge >= 0.3 is 0 Å². The van der Waals surface area contributed by atoms with Gasteiger partial charge in [-0.15, -0.1) is 0 Å². The van der Waals surface area contributed by atoms with E-state index >= 15 is 0 Å². The number of nitrogens with zero attached hydrogens (tertiary/aromatic N) is 1. The highest BCUT2D eigenvalue weighted by atomic mass is 79.9. The highest BCUT2D eigenvalue weighted by Crippen LogP contribution is 2.35. The molecule has 0 N–H and O–H groups in total. The third-order valence-electron chi connectivity index (χ3n) is 3.25. The zero-order valence-corrected chi connectivity index (χ0v) is 13.0. The number of halogens is 2. The Bertz CT molecular complexity index is 719. The minimum atomic E-state index is -0.565. The Balaban J connectivity index is 2.49. The first-order valence-electron chi connectivity index (χ1n) is 6.08. The highest BCUT2D eigenvalue weighted by Gasteiger charge is 2.15. The fourth-order valence-corrected chi connectivity index (χ4v) is 2.31. The summed E-state index contributed by atoms with van der Waals surface area (Å²) in [7, 11) is 0. The second kappa shape index (κ2) is 5.64. The molecular formula is C16H13BrFNO. The fraction of sp³-hybridized carbons (Fsp3) is 0.188. The largest absolute Gasteiger partial charge is 0.454 e. The lowest BCUT2D eigenvalue weighted by atomic mass is 10.1. The van der Waals surface area contributed by atoms with Gasteiger partial charge in [-0.25, -0.2) is 4.39 Å². The summed E-state index contributed by atoms with van der Waals surface area (Å²) in [4.78, 5) is 0. The van der Waals surface area contributed by atoms with Crippen LogP contribution in [-0.4, -0.2) is 0 Å². The molecule has 0 saturated heterocycles. The van der Waals surface area contributed by atoms with Crippen LogP contribution in [0.3, 0.4) is 0 Å². The van der Waals surface area contributed by atoms with E-state index in [9.17, 15) is 4.39 Å². The molecule has 0 bridgehead atoms. The molecule has 0 heterocycles. The maximum Gasteiger partial charge on any atom is 0.181 e. The van der Waals surface area contributed by atoms with E-state index in [1.165, 1.54) is 12.1 Å². The van der Waals surface area contributed by atoms with E-state index in [1.807, 2.05) is 39.0 Å². The first-order valence-corrected chi connectivity index (χ1v) is 6.87. The molecule has 0 aliphatic heterocycles. The van der Waals surface area contributed by atoms with Crippen molar-refractivity contribution < 1.29 is 9.13 Å². The predicted molar refractivity (Wildman–Crippen MR) is 79.5 cm³/mol. The van der Waals surface area contributed by atoms with Crippen LogP contribution in [0.4, 0.5) is 4.39 Å². The minimum absolute atomic E-state index is 0.104. The van der Waals surface area contributed by atoms with Crippen molar-refractivity contribution >= 4 is 15.9 Å². The molecule has 2 aromatic carbocycles. The molecule has 20 heavy (non-hydrogen) atoms. The zero-order chi connectivity index (χ0) is 14.9. The summed E-state index contributed by atoms with van der Waals surface area (Å²) >= 11 is 3.08. The molecule has 102 valence electrons. The number of nitriles is 1. The third kappa shape index (κ3) is 2.54. The van der Waals surface area contributed by atoms with E-state index in [0.29, 0.717) is 5.75 Å². The van der Waals surface area contributed by atoms with Crippen molar-refractivity contribution in [1.29, 1.82) is 5.26 Å². The molecule has 0 saturated carbocycles. The van der Waals surface area contributed by atoms with Crippen LogP contribution in [0.25, 0.3) is 0 Å². The quantitative estimate of drug-likeness (QED) is 0.758. The van der Waals surface area contributed by atoms with E-state index in [4.69, 9.17) is 10.00 Å². The summed E-state index contributed by atoms with van der Waals surface area (Å²) in [6, 6.07) is 8.86. The molecule has 0 unspecified atom stereocenters. The van der Waals surface area contributed by atoms with Crippen molar-refractivity contribution in [1.82, 2.24) is 0 Å². The normalized spacial score (nSPS) is 10.2. The molecule has 0 radical (unpaired) electrons. The Hall–Kier alpha value is -1.86. The van der Waals surface area contributed by atoms with Crippen LogP contribution in [0.15, 0.2) is 28.7 Å². The monoisotopic (exact) mass is 333 g/mol. The Kier molecular flexibility index (Phi) is 4.10. The average Bonchev–Trinajstić information content (AvgIpc) is 2.44. The summed E-state index contributed by atoms with van der Waals surface area (Å²) < 4.78 is 20.0. The Morgan fingerprint density at radius 3 is 2.40 bits per heavy atom. The smallest absolute Gasteiger partial charge is 0.181 e. The van der Waals surface area contributed by atoms with Gasteiger partial charge < -0.3 is 4.74 Å². The van der Waals surface area contributed by atoms with Gasteiger partial charge in [0.2, 0.25) is 0 Å². The topological polar surface area (TPSA) is 33.0 Å².